The molecule has 7 heteroatoms. The maximum atomic E-state index is 12.2. The van der Waals surface area contributed by atoms with Crippen molar-refractivity contribution in [3.63, 3.8) is 0 Å². The molecule has 1 aromatic heterocycles. The number of nitrogens with zero attached hydrogens (tertiary/aromatic N) is 2. The topological polar surface area (TPSA) is 72.9 Å². The summed E-state index contributed by atoms with van der Waals surface area (Å²) in [6.45, 7) is 7.36. The number of likely N-dealkylation sites (tertiary alicyclic amines) is 1. The maximum absolute atomic E-state index is 12.2. The number of ether oxygens (including phenoxy) is 2. The van der Waals surface area contributed by atoms with Crippen molar-refractivity contribution in [2.75, 3.05) is 13.1 Å². The first-order valence-electron chi connectivity index (χ1n) is 11.4. The fourth-order valence-corrected chi connectivity index (χ4v) is 4.45. The van der Waals surface area contributed by atoms with Crippen molar-refractivity contribution in [3.8, 4) is 16.9 Å². The molecule has 2 amide bonds. The second-order valence-corrected chi connectivity index (χ2v) is 9.02. The molecule has 1 spiro atoms. The van der Waals surface area contributed by atoms with Crippen LogP contribution >= 0.6 is 0 Å². The molecule has 3 aromatic rings. The number of aromatic nitrogens is 1. The highest BCUT2D eigenvalue weighted by molar-refractivity contribution is 5.88. The van der Waals surface area contributed by atoms with Gasteiger partial charge in [0.05, 0.1) is 12.7 Å². The van der Waals surface area contributed by atoms with E-state index in [4.69, 9.17) is 14.3 Å². The highest BCUT2D eigenvalue weighted by Crippen LogP contribution is 2.39. The molecule has 0 aliphatic carbocycles. The zero-order valence-electron chi connectivity index (χ0n) is 19.3. The zero-order valence-corrected chi connectivity index (χ0v) is 19.3. The van der Waals surface area contributed by atoms with Crippen LogP contribution in [0.5, 0.6) is 5.75 Å². The van der Waals surface area contributed by atoms with Crippen LogP contribution in [0.3, 0.4) is 0 Å². The minimum atomic E-state index is -0.683. The fraction of sp³-hybridized carbons (Fsp3) is 0.385. The number of urea groups is 1. The lowest BCUT2D eigenvalue weighted by molar-refractivity contribution is -0.225. The van der Waals surface area contributed by atoms with E-state index in [0.29, 0.717) is 32.5 Å². The third-order valence-corrected chi connectivity index (χ3v) is 6.34. The van der Waals surface area contributed by atoms with Crippen LogP contribution in [0.2, 0.25) is 0 Å². The zero-order chi connectivity index (χ0) is 23.0. The number of nitrogens with one attached hydrogen (secondary N) is 1. The van der Waals surface area contributed by atoms with Gasteiger partial charge >= 0.3 is 6.03 Å². The minimum absolute atomic E-state index is 0.0628. The van der Waals surface area contributed by atoms with Gasteiger partial charge in [-0.1, -0.05) is 18.2 Å². The van der Waals surface area contributed by atoms with E-state index in [0.717, 1.165) is 28.1 Å². The molecule has 2 aromatic carbocycles. The van der Waals surface area contributed by atoms with E-state index in [2.05, 4.69) is 40.8 Å². The van der Waals surface area contributed by atoms with Crippen molar-refractivity contribution >= 4 is 16.8 Å². The molecular formula is C26H29N3O4. The van der Waals surface area contributed by atoms with Crippen molar-refractivity contribution in [3.05, 3.63) is 59.9 Å². The van der Waals surface area contributed by atoms with Crippen LogP contribution in [0.25, 0.3) is 21.9 Å². The van der Waals surface area contributed by atoms with Gasteiger partial charge in [-0.15, -0.1) is 0 Å². The molecule has 1 saturated heterocycles. The number of amides is 2. The largest absolute Gasteiger partial charge is 0.462 e. The Morgan fingerprint density at radius 2 is 1.88 bits per heavy atom. The SMILES string of the molecule is Cc1nccc2cc(-c3ccc4c(c3)COC3(CCN(C(=O)NOC(C)C)CC3)O4)ccc12. The lowest BCUT2D eigenvalue weighted by Gasteiger charge is -2.43. The number of benzene rings is 2. The van der Waals surface area contributed by atoms with Crippen LogP contribution in [0.1, 0.15) is 37.9 Å². The number of piperidine rings is 1. The summed E-state index contributed by atoms with van der Waals surface area (Å²) in [5.74, 6) is 0.171. The smallest absolute Gasteiger partial charge is 0.341 e. The monoisotopic (exact) mass is 447 g/mol. The van der Waals surface area contributed by atoms with Crippen LogP contribution in [0, 0.1) is 6.92 Å². The summed E-state index contributed by atoms with van der Waals surface area (Å²) in [6.07, 6.45) is 3.01. The molecule has 1 N–H and O–H groups in total. The van der Waals surface area contributed by atoms with E-state index in [-0.39, 0.29) is 12.1 Å². The van der Waals surface area contributed by atoms with E-state index in [1.54, 1.807) is 4.90 Å². The maximum Gasteiger partial charge on any atom is 0.341 e. The molecule has 7 nitrogen and oxygen atoms in total. The van der Waals surface area contributed by atoms with Crippen molar-refractivity contribution < 1.29 is 19.1 Å². The average Bonchev–Trinajstić information content (AvgIpc) is 2.82. The number of fused-ring (bicyclic) bond motifs is 2. The number of pyridine rings is 1. The van der Waals surface area contributed by atoms with Gasteiger partial charge in [-0.25, -0.2) is 10.3 Å². The van der Waals surface area contributed by atoms with Crippen LogP contribution in [0.4, 0.5) is 4.79 Å². The molecule has 0 unspecified atom stereocenters. The quantitative estimate of drug-likeness (QED) is 0.575. The van der Waals surface area contributed by atoms with Crippen LogP contribution < -0.4 is 10.2 Å². The summed E-state index contributed by atoms with van der Waals surface area (Å²) in [7, 11) is 0. The molecule has 172 valence electrons. The van der Waals surface area contributed by atoms with Crippen LogP contribution in [0.15, 0.2) is 48.7 Å². The van der Waals surface area contributed by atoms with Crippen molar-refractivity contribution in [1.82, 2.24) is 15.4 Å². The first-order valence-corrected chi connectivity index (χ1v) is 11.4. The summed E-state index contributed by atoms with van der Waals surface area (Å²) < 4.78 is 12.6. The summed E-state index contributed by atoms with van der Waals surface area (Å²) in [5.41, 5.74) is 6.85. The first kappa shape index (κ1) is 21.7. The summed E-state index contributed by atoms with van der Waals surface area (Å²) in [4.78, 5) is 23.6. The summed E-state index contributed by atoms with van der Waals surface area (Å²) in [6, 6.07) is 14.6. The number of hydrogen-bond acceptors (Lipinski definition) is 5. The Bertz CT molecular complexity index is 1190. The van der Waals surface area contributed by atoms with Crippen LogP contribution in [-0.4, -0.2) is 40.9 Å². The van der Waals surface area contributed by atoms with Gasteiger partial charge in [-0.2, -0.15) is 0 Å². The molecular weight excluding hydrogens is 418 g/mol. The van der Waals surface area contributed by atoms with Gasteiger partial charge in [0.15, 0.2) is 0 Å². The van der Waals surface area contributed by atoms with Gasteiger partial charge in [-0.05, 0) is 61.5 Å². The van der Waals surface area contributed by atoms with E-state index in [1.807, 2.05) is 39.1 Å². The molecule has 33 heavy (non-hydrogen) atoms. The Hall–Kier alpha value is -3.16. The third kappa shape index (κ3) is 4.38. The first-order chi connectivity index (χ1) is 15.9. The van der Waals surface area contributed by atoms with Crippen molar-refractivity contribution in [2.45, 2.75) is 52.1 Å². The van der Waals surface area contributed by atoms with E-state index in [1.165, 1.54) is 10.8 Å². The Morgan fingerprint density at radius 3 is 2.67 bits per heavy atom. The number of aryl methyl sites for hydroxylation is 1. The standard InChI is InChI=1S/C26H29N3O4/c1-17(2)33-28-25(30)29-12-9-26(10-13-29)31-16-22-15-20(5-7-24(22)32-26)19-4-6-23-18(3)27-11-8-21(23)14-19/h4-8,11,14-15,17H,9-10,12-13,16H2,1-3H3,(H,28,30). The Balaban J connectivity index is 1.28. The van der Waals surface area contributed by atoms with Crippen LogP contribution in [-0.2, 0) is 16.2 Å². The highest BCUT2D eigenvalue weighted by atomic mass is 16.7. The molecule has 2 aliphatic heterocycles. The number of carbonyl (C=O) groups is 1. The van der Waals surface area contributed by atoms with Gasteiger partial charge in [0.2, 0.25) is 5.79 Å². The van der Waals surface area contributed by atoms with Crippen molar-refractivity contribution in [2.24, 2.45) is 0 Å². The number of hydrogen-bond donors (Lipinski definition) is 1. The van der Waals surface area contributed by atoms with E-state index < -0.39 is 5.79 Å². The lowest BCUT2D eigenvalue weighted by atomic mass is 9.97. The van der Waals surface area contributed by atoms with E-state index >= 15 is 0 Å². The van der Waals surface area contributed by atoms with Gasteiger partial charge in [0.25, 0.3) is 0 Å². The second-order valence-electron chi connectivity index (χ2n) is 9.02. The molecule has 3 heterocycles. The Morgan fingerprint density at radius 1 is 1.12 bits per heavy atom. The third-order valence-electron chi connectivity index (χ3n) is 6.34. The molecule has 5 rings (SSSR count). The summed E-state index contributed by atoms with van der Waals surface area (Å²) >= 11 is 0. The molecule has 0 bridgehead atoms. The Labute approximate surface area is 193 Å². The normalized spacial score (nSPS) is 17.2. The number of rotatable bonds is 3. The average molecular weight is 448 g/mol. The van der Waals surface area contributed by atoms with Gasteiger partial charge in [-0.3, -0.25) is 9.82 Å². The molecule has 0 atom stereocenters. The minimum Gasteiger partial charge on any atom is -0.462 e. The van der Waals surface area contributed by atoms with Gasteiger partial charge < -0.3 is 14.4 Å². The molecule has 0 radical (unpaired) electrons. The molecule has 1 fully saturated rings. The second kappa shape index (κ2) is 8.65. The van der Waals surface area contributed by atoms with Crippen molar-refractivity contribution in [1.29, 1.82) is 0 Å². The highest BCUT2D eigenvalue weighted by Gasteiger charge is 2.42. The van der Waals surface area contributed by atoms with Gasteiger partial charge in [0.1, 0.15) is 5.75 Å². The Kier molecular flexibility index (Phi) is 5.68. The number of hydroxylamine groups is 1. The predicted octanol–water partition coefficient (Wildman–Crippen LogP) is 4.96. The summed E-state index contributed by atoms with van der Waals surface area (Å²) in [5, 5.41) is 2.35. The van der Waals surface area contributed by atoms with E-state index in [9.17, 15) is 4.79 Å². The molecule has 0 saturated carbocycles. The number of carbonyl (C=O) groups excluding carboxylic acids is 1. The lowest BCUT2D eigenvalue weighted by Crippen LogP contribution is -2.54. The fourth-order valence-electron chi connectivity index (χ4n) is 4.45. The van der Waals surface area contributed by atoms with Gasteiger partial charge in [0, 0.05) is 48.8 Å². The predicted molar refractivity (Wildman–Crippen MR) is 126 cm³/mol. The molecule has 2 aliphatic rings.